The number of ether oxygens (including phenoxy) is 1. The Labute approximate surface area is 90.4 Å². The maximum Gasteiger partial charge on any atom is 0.306 e. The lowest BCUT2D eigenvalue weighted by molar-refractivity contribution is -0.145. The van der Waals surface area contributed by atoms with Gasteiger partial charge < -0.3 is 9.15 Å². The van der Waals surface area contributed by atoms with Crippen LogP contribution >= 0.6 is 0 Å². The number of unbranched alkanes of at least 4 members (excludes halogenated alkanes) is 3. The fourth-order valence-corrected chi connectivity index (χ4v) is 1.31. The van der Waals surface area contributed by atoms with Crippen LogP contribution in [0.15, 0.2) is 22.8 Å². The Hall–Kier alpha value is -1.25. The average molecular weight is 210 g/mol. The second-order valence-electron chi connectivity index (χ2n) is 3.55. The molecule has 1 aromatic rings. The first-order valence-electron chi connectivity index (χ1n) is 5.51. The zero-order chi connectivity index (χ0) is 10.9. The topological polar surface area (TPSA) is 39.4 Å². The van der Waals surface area contributed by atoms with Crippen molar-refractivity contribution in [2.45, 2.75) is 45.6 Å². The van der Waals surface area contributed by atoms with Gasteiger partial charge in [-0.25, -0.2) is 0 Å². The lowest BCUT2D eigenvalue weighted by atomic mass is 10.2. The van der Waals surface area contributed by atoms with E-state index in [9.17, 15) is 4.79 Å². The van der Waals surface area contributed by atoms with Crippen LogP contribution in [0, 0.1) is 0 Å². The number of hydrogen-bond donors (Lipinski definition) is 0. The second kappa shape index (κ2) is 7.10. The molecular formula is C12H18O3. The lowest BCUT2D eigenvalue weighted by Crippen LogP contribution is -2.03. The monoisotopic (exact) mass is 210 g/mol. The highest BCUT2D eigenvalue weighted by Crippen LogP contribution is 2.06. The van der Waals surface area contributed by atoms with Crippen LogP contribution in [-0.2, 0) is 16.1 Å². The van der Waals surface area contributed by atoms with E-state index in [4.69, 9.17) is 9.15 Å². The maximum atomic E-state index is 11.2. The number of hydrogen-bond acceptors (Lipinski definition) is 3. The molecule has 0 N–H and O–H groups in total. The number of carbonyl (C=O) groups excluding carboxylic acids is 1. The van der Waals surface area contributed by atoms with Crippen LogP contribution in [0.2, 0.25) is 0 Å². The molecule has 15 heavy (non-hydrogen) atoms. The quantitative estimate of drug-likeness (QED) is 0.512. The van der Waals surface area contributed by atoms with Gasteiger partial charge in [-0.05, 0) is 18.6 Å². The third-order valence-corrected chi connectivity index (χ3v) is 2.19. The van der Waals surface area contributed by atoms with Gasteiger partial charge in [0.05, 0.1) is 6.26 Å². The van der Waals surface area contributed by atoms with Crippen molar-refractivity contribution in [3.05, 3.63) is 24.2 Å². The van der Waals surface area contributed by atoms with Gasteiger partial charge >= 0.3 is 5.97 Å². The fourth-order valence-electron chi connectivity index (χ4n) is 1.31. The molecule has 0 aliphatic carbocycles. The predicted octanol–water partition coefficient (Wildman–Crippen LogP) is 3.29. The molecule has 0 spiro atoms. The first kappa shape index (κ1) is 11.8. The Morgan fingerprint density at radius 3 is 2.93 bits per heavy atom. The summed E-state index contributed by atoms with van der Waals surface area (Å²) in [7, 11) is 0. The van der Waals surface area contributed by atoms with Crippen molar-refractivity contribution >= 4 is 5.97 Å². The number of furan rings is 1. The summed E-state index contributed by atoms with van der Waals surface area (Å²) in [4.78, 5) is 11.2. The molecule has 0 amide bonds. The summed E-state index contributed by atoms with van der Waals surface area (Å²) in [5.74, 6) is 0.555. The van der Waals surface area contributed by atoms with E-state index in [0.717, 1.165) is 12.8 Å². The molecule has 0 unspecified atom stereocenters. The van der Waals surface area contributed by atoms with Crippen LogP contribution < -0.4 is 0 Å². The molecule has 3 nitrogen and oxygen atoms in total. The van der Waals surface area contributed by atoms with Crippen molar-refractivity contribution in [2.75, 3.05) is 0 Å². The van der Waals surface area contributed by atoms with Crippen molar-refractivity contribution in [3.8, 4) is 0 Å². The molecule has 0 aliphatic heterocycles. The fraction of sp³-hybridized carbons (Fsp3) is 0.583. The van der Waals surface area contributed by atoms with Crippen LogP contribution in [0.25, 0.3) is 0 Å². The van der Waals surface area contributed by atoms with Gasteiger partial charge in [-0.3, -0.25) is 4.79 Å². The minimum atomic E-state index is -0.137. The zero-order valence-electron chi connectivity index (χ0n) is 9.20. The van der Waals surface area contributed by atoms with Gasteiger partial charge in [-0.2, -0.15) is 0 Å². The second-order valence-corrected chi connectivity index (χ2v) is 3.55. The minimum Gasteiger partial charge on any atom is -0.466 e. The van der Waals surface area contributed by atoms with E-state index < -0.39 is 0 Å². The van der Waals surface area contributed by atoms with E-state index in [-0.39, 0.29) is 12.6 Å². The molecule has 3 heteroatoms. The van der Waals surface area contributed by atoms with E-state index in [2.05, 4.69) is 6.92 Å². The normalized spacial score (nSPS) is 10.2. The SMILES string of the molecule is CCCCCCC(=O)OCc1ccco1. The van der Waals surface area contributed by atoms with Crippen LogP contribution in [0.3, 0.4) is 0 Å². The summed E-state index contributed by atoms with van der Waals surface area (Å²) in [5, 5.41) is 0. The number of rotatable bonds is 7. The Balaban J connectivity index is 2.04. The Morgan fingerprint density at radius 2 is 2.27 bits per heavy atom. The summed E-state index contributed by atoms with van der Waals surface area (Å²) in [5.41, 5.74) is 0. The van der Waals surface area contributed by atoms with E-state index in [0.29, 0.717) is 12.2 Å². The van der Waals surface area contributed by atoms with Gasteiger partial charge in [0.15, 0.2) is 0 Å². The molecule has 1 rings (SSSR count). The summed E-state index contributed by atoms with van der Waals surface area (Å²) >= 11 is 0. The smallest absolute Gasteiger partial charge is 0.306 e. The third kappa shape index (κ3) is 5.25. The van der Waals surface area contributed by atoms with Gasteiger partial charge in [0.2, 0.25) is 0 Å². The van der Waals surface area contributed by atoms with Crippen molar-refractivity contribution in [2.24, 2.45) is 0 Å². The van der Waals surface area contributed by atoms with Crippen molar-refractivity contribution < 1.29 is 13.9 Å². The van der Waals surface area contributed by atoms with Gasteiger partial charge in [-0.1, -0.05) is 26.2 Å². The van der Waals surface area contributed by atoms with E-state index in [1.165, 1.54) is 12.8 Å². The Kier molecular flexibility index (Phi) is 5.59. The summed E-state index contributed by atoms with van der Waals surface area (Å²) in [6.45, 7) is 2.40. The molecule has 0 aromatic carbocycles. The molecule has 0 saturated heterocycles. The number of carbonyl (C=O) groups is 1. The lowest BCUT2D eigenvalue weighted by Gasteiger charge is -2.02. The van der Waals surface area contributed by atoms with Crippen molar-refractivity contribution in [3.63, 3.8) is 0 Å². The van der Waals surface area contributed by atoms with Gasteiger partial charge in [0.1, 0.15) is 12.4 Å². The van der Waals surface area contributed by atoms with Crippen molar-refractivity contribution in [1.82, 2.24) is 0 Å². The molecule has 1 heterocycles. The third-order valence-electron chi connectivity index (χ3n) is 2.19. The molecule has 1 aromatic heterocycles. The van der Waals surface area contributed by atoms with E-state index in [1.807, 2.05) is 0 Å². The maximum absolute atomic E-state index is 11.2. The molecule has 84 valence electrons. The molecule has 0 radical (unpaired) electrons. The Bertz CT molecular complexity index is 264. The van der Waals surface area contributed by atoms with Gasteiger partial charge in [0.25, 0.3) is 0 Å². The molecule has 0 bridgehead atoms. The molecule has 0 fully saturated rings. The molecule has 0 saturated carbocycles. The highest BCUT2D eigenvalue weighted by Gasteiger charge is 2.03. The average Bonchev–Trinajstić information content (AvgIpc) is 2.74. The van der Waals surface area contributed by atoms with Crippen LogP contribution in [0.4, 0.5) is 0 Å². The summed E-state index contributed by atoms with van der Waals surface area (Å²) < 4.78 is 10.1. The van der Waals surface area contributed by atoms with Crippen LogP contribution in [0.5, 0.6) is 0 Å². The summed E-state index contributed by atoms with van der Waals surface area (Å²) in [6, 6.07) is 3.58. The molecular weight excluding hydrogens is 192 g/mol. The zero-order valence-corrected chi connectivity index (χ0v) is 9.20. The largest absolute Gasteiger partial charge is 0.466 e. The van der Waals surface area contributed by atoms with E-state index in [1.54, 1.807) is 18.4 Å². The highest BCUT2D eigenvalue weighted by atomic mass is 16.5. The number of esters is 1. The highest BCUT2D eigenvalue weighted by molar-refractivity contribution is 5.69. The minimum absolute atomic E-state index is 0.137. The van der Waals surface area contributed by atoms with Crippen LogP contribution in [0.1, 0.15) is 44.8 Å². The first-order chi connectivity index (χ1) is 7.33. The van der Waals surface area contributed by atoms with E-state index >= 15 is 0 Å². The molecule has 0 aliphatic rings. The van der Waals surface area contributed by atoms with Crippen LogP contribution in [-0.4, -0.2) is 5.97 Å². The van der Waals surface area contributed by atoms with Gasteiger partial charge in [-0.15, -0.1) is 0 Å². The predicted molar refractivity (Wildman–Crippen MR) is 57.3 cm³/mol. The standard InChI is InChI=1S/C12H18O3/c1-2-3-4-5-8-12(13)15-10-11-7-6-9-14-11/h6-7,9H,2-5,8,10H2,1H3. The van der Waals surface area contributed by atoms with Gasteiger partial charge in [0, 0.05) is 6.42 Å². The molecule has 0 atom stereocenters. The summed E-state index contributed by atoms with van der Waals surface area (Å²) in [6.07, 6.45) is 6.48. The Morgan fingerprint density at radius 1 is 1.40 bits per heavy atom. The first-order valence-corrected chi connectivity index (χ1v) is 5.51. The van der Waals surface area contributed by atoms with Crippen molar-refractivity contribution in [1.29, 1.82) is 0 Å².